The molecule has 4 aromatic rings. The molecular formula is C31H37N7O4S2. The van der Waals surface area contributed by atoms with Gasteiger partial charge in [-0.3, -0.25) is 0 Å². The van der Waals surface area contributed by atoms with E-state index in [-0.39, 0.29) is 16.3 Å². The molecule has 13 heteroatoms. The maximum Gasteiger partial charge on any atom is 0.242 e. The normalized spacial score (nSPS) is 14.2. The molecule has 0 spiro atoms. The maximum atomic E-state index is 13.0. The van der Waals surface area contributed by atoms with Crippen LogP contribution in [-0.2, 0) is 26.6 Å². The van der Waals surface area contributed by atoms with E-state index in [4.69, 9.17) is 0 Å². The number of aromatic nitrogens is 2. The lowest BCUT2D eigenvalue weighted by molar-refractivity contribution is 0.310. The molecule has 2 heterocycles. The standard InChI is InChI=1S/C31H37N7O4S2/c1-24-10-13-29(43(39,40)34-21-25-8-4-3-5-9-25)20-30(24)35-27-22-32-31(33-23-27)36-26-11-14-28(15-12-26)44(41,42)37(2)18-19-38-16-6-7-17-38/h3-5,8-15,20,22-23,34-35H,6-7,16-19,21H2,1-2H3,(H,32,33,36). The minimum Gasteiger partial charge on any atom is -0.353 e. The molecule has 1 aromatic heterocycles. The molecule has 1 saturated heterocycles. The Bertz CT molecular complexity index is 1760. The van der Waals surface area contributed by atoms with Gasteiger partial charge in [0.15, 0.2) is 0 Å². The van der Waals surface area contributed by atoms with Crippen LogP contribution in [-0.4, -0.2) is 69.2 Å². The lowest BCUT2D eigenvalue weighted by Gasteiger charge is -2.21. The number of nitrogens with one attached hydrogen (secondary N) is 3. The molecule has 0 saturated carbocycles. The molecule has 0 unspecified atom stereocenters. The van der Waals surface area contributed by atoms with Crippen molar-refractivity contribution in [1.82, 2.24) is 23.9 Å². The van der Waals surface area contributed by atoms with E-state index in [0.717, 1.165) is 30.8 Å². The predicted octanol–water partition coefficient (Wildman–Crippen LogP) is 4.47. The highest BCUT2D eigenvalue weighted by Gasteiger charge is 2.22. The SMILES string of the molecule is Cc1ccc(S(=O)(=O)NCc2ccccc2)cc1Nc1cnc(Nc2ccc(S(=O)(=O)N(C)CCN3CCCC3)cc2)nc1. The molecule has 0 amide bonds. The topological polar surface area (TPSA) is 137 Å². The van der Waals surface area contributed by atoms with E-state index in [0.29, 0.717) is 29.6 Å². The van der Waals surface area contributed by atoms with Crippen LogP contribution in [0.2, 0.25) is 0 Å². The molecule has 3 N–H and O–H groups in total. The van der Waals surface area contributed by atoms with Crippen molar-refractivity contribution >= 4 is 43.1 Å². The van der Waals surface area contributed by atoms with Gasteiger partial charge in [0.05, 0.1) is 27.9 Å². The summed E-state index contributed by atoms with van der Waals surface area (Å²) in [6.07, 6.45) is 5.50. The Balaban J connectivity index is 1.18. The highest BCUT2D eigenvalue weighted by atomic mass is 32.2. The van der Waals surface area contributed by atoms with E-state index in [1.165, 1.54) is 17.1 Å². The highest BCUT2D eigenvalue weighted by Crippen LogP contribution is 2.25. The van der Waals surface area contributed by atoms with Crippen LogP contribution in [0.4, 0.5) is 23.0 Å². The van der Waals surface area contributed by atoms with E-state index < -0.39 is 20.0 Å². The van der Waals surface area contributed by atoms with Crippen LogP contribution in [0.3, 0.4) is 0 Å². The van der Waals surface area contributed by atoms with Crippen molar-refractivity contribution in [3.8, 4) is 0 Å². The number of benzene rings is 3. The van der Waals surface area contributed by atoms with Crippen LogP contribution in [0.15, 0.2) is 95.0 Å². The number of rotatable bonds is 13. The van der Waals surface area contributed by atoms with E-state index in [1.54, 1.807) is 61.9 Å². The molecular weight excluding hydrogens is 599 g/mol. The fourth-order valence-electron chi connectivity index (χ4n) is 4.80. The summed E-state index contributed by atoms with van der Waals surface area (Å²) in [5, 5.41) is 6.27. The van der Waals surface area contributed by atoms with Crippen molar-refractivity contribution in [3.05, 3.63) is 96.3 Å². The molecule has 0 atom stereocenters. The number of sulfonamides is 2. The van der Waals surface area contributed by atoms with E-state index in [2.05, 4.69) is 30.2 Å². The zero-order chi connectivity index (χ0) is 31.2. The average molecular weight is 636 g/mol. The summed E-state index contributed by atoms with van der Waals surface area (Å²) in [6.45, 7) is 5.29. The molecule has 232 valence electrons. The largest absolute Gasteiger partial charge is 0.353 e. The third-order valence-electron chi connectivity index (χ3n) is 7.51. The second-order valence-electron chi connectivity index (χ2n) is 10.7. The van der Waals surface area contributed by atoms with Crippen LogP contribution in [0.5, 0.6) is 0 Å². The Labute approximate surface area is 259 Å². The number of nitrogens with zero attached hydrogens (tertiary/aromatic N) is 4. The van der Waals surface area contributed by atoms with Gasteiger partial charge in [-0.25, -0.2) is 31.5 Å². The quantitative estimate of drug-likeness (QED) is 0.194. The summed E-state index contributed by atoms with van der Waals surface area (Å²) in [5.74, 6) is 0.326. The van der Waals surface area contributed by atoms with Crippen LogP contribution in [0.25, 0.3) is 0 Å². The van der Waals surface area contributed by atoms with Crippen LogP contribution >= 0.6 is 0 Å². The number of likely N-dealkylation sites (N-methyl/N-ethyl adjacent to an activating group) is 1. The number of likely N-dealkylation sites (tertiary alicyclic amines) is 1. The monoisotopic (exact) mass is 635 g/mol. The van der Waals surface area contributed by atoms with Crippen molar-refractivity contribution in [2.45, 2.75) is 36.1 Å². The van der Waals surface area contributed by atoms with Gasteiger partial charge in [0.1, 0.15) is 0 Å². The van der Waals surface area contributed by atoms with Crippen molar-refractivity contribution in [2.24, 2.45) is 0 Å². The van der Waals surface area contributed by atoms with Gasteiger partial charge in [-0.2, -0.15) is 4.31 Å². The lowest BCUT2D eigenvalue weighted by Crippen LogP contribution is -2.35. The summed E-state index contributed by atoms with van der Waals surface area (Å²) in [4.78, 5) is 11.4. The summed E-state index contributed by atoms with van der Waals surface area (Å²) >= 11 is 0. The zero-order valence-corrected chi connectivity index (χ0v) is 26.4. The number of aryl methyl sites for hydroxylation is 1. The molecule has 1 aliphatic rings. The first-order valence-corrected chi connectivity index (χ1v) is 17.3. The van der Waals surface area contributed by atoms with Gasteiger partial charge in [-0.15, -0.1) is 0 Å². The fourth-order valence-corrected chi connectivity index (χ4v) is 7.01. The Hall–Kier alpha value is -3.88. The van der Waals surface area contributed by atoms with E-state index >= 15 is 0 Å². The Morgan fingerprint density at radius 3 is 2.16 bits per heavy atom. The van der Waals surface area contributed by atoms with Gasteiger partial charge < -0.3 is 15.5 Å². The van der Waals surface area contributed by atoms with Gasteiger partial charge in [0.25, 0.3) is 0 Å². The molecule has 0 bridgehead atoms. The predicted molar refractivity (Wildman–Crippen MR) is 172 cm³/mol. The molecule has 1 fully saturated rings. The second-order valence-corrected chi connectivity index (χ2v) is 14.5. The first-order valence-electron chi connectivity index (χ1n) is 14.4. The maximum absolute atomic E-state index is 13.0. The minimum absolute atomic E-state index is 0.143. The summed E-state index contributed by atoms with van der Waals surface area (Å²) in [5.41, 5.74) is 3.54. The third-order valence-corrected chi connectivity index (χ3v) is 10.8. The smallest absolute Gasteiger partial charge is 0.242 e. The first-order chi connectivity index (χ1) is 21.1. The fraction of sp³-hybridized carbons (Fsp3) is 0.290. The molecule has 0 aliphatic carbocycles. The second kappa shape index (κ2) is 13.8. The third kappa shape index (κ3) is 7.98. The Kier molecular flexibility index (Phi) is 9.91. The molecule has 1 aliphatic heterocycles. The number of hydrogen-bond donors (Lipinski definition) is 3. The summed E-state index contributed by atoms with van der Waals surface area (Å²) in [7, 11) is -5.71. The number of hydrogen-bond acceptors (Lipinski definition) is 9. The molecule has 3 aromatic carbocycles. The van der Waals surface area contributed by atoms with Crippen molar-refractivity contribution in [2.75, 3.05) is 43.9 Å². The molecule has 44 heavy (non-hydrogen) atoms. The summed E-state index contributed by atoms with van der Waals surface area (Å²) in [6, 6.07) is 20.7. The molecule has 5 rings (SSSR count). The van der Waals surface area contributed by atoms with Crippen LogP contribution in [0.1, 0.15) is 24.0 Å². The Morgan fingerprint density at radius 1 is 0.818 bits per heavy atom. The van der Waals surface area contributed by atoms with Gasteiger partial charge in [0.2, 0.25) is 26.0 Å². The van der Waals surface area contributed by atoms with Gasteiger partial charge in [0, 0.05) is 38.1 Å². The van der Waals surface area contributed by atoms with Gasteiger partial charge >= 0.3 is 0 Å². The van der Waals surface area contributed by atoms with Gasteiger partial charge in [-0.05, 0) is 80.4 Å². The van der Waals surface area contributed by atoms with Crippen molar-refractivity contribution < 1.29 is 16.8 Å². The zero-order valence-electron chi connectivity index (χ0n) is 24.8. The van der Waals surface area contributed by atoms with E-state index in [1.807, 2.05) is 37.3 Å². The Morgan fingerprint density at radius 2 is 1.48 bits per heavy atom. The van der Waals surface area contributed by atoms with E-state index in [9.17, 15) is 16.8 Å². The van der Waals surface area contributed by atoms with Crippen molar-refractivity contribution in [1.29, 1.82) is 0 Å². The van der Waals surface area contributed by atoms with Crippen LogP contribution < -0.4 is 15.4 Å². The minimum atomic E-state index is -3.73. The molecule has 11 nitrogen and oxygen atoms in total. The lowest BCUT2D eigenvalue weighted by atomic mass is 10.2. The first kappa shape index (κ1) is 31.5. The molecule has 0 radical (unpaired) electrons. The number of anilines is 4. The van der Waals surface area contributed by atoms with Gasteiger partial charge in [-0.1, -0.05) is 36.4 Å². The summed E-state index contributed by atoms with van der Waals surface area (Å²) < 4.78 is 55.9. The van der Waals surface area contributed by atoms with Crippen LogP contribution in [0, 0.1) is 6.92 Å². The van der Waals surface area contributed by atoms with Crippen molar-refractivity contribution in [3.63, 3.8) is 0 Å². The average Bonchev–Trinajstić information content (AvgIpc) is 3.55. The highest BCUT2D eigenvalue weighted by molar-refractivity contribution is 7.89.